The second-order valence-corrected chi connectivity index (χ2v) is 14.4. The van der Waals surface area contributed by atoms with Crippen LogP contribution in [0.1, 0.15) is 22.8 Å². The Hall–Kier alpha value is -1.30. The van der Waals surface area contributed by atoms with Gasteiger partial charge in [-0.15, -0.1) is 0 Å². The molecule has 5 rings (SSSR count). The standard InChI is InChI=1S/C21H28N7O17P3.K.2H2O/c22-17-12-19(25-7-24-17)28(8-26-12)21-16(44-46(33,34)35)14(30)11(43-21)6-41-48(38,39)45-47(36,37)40-5-10-13(29)15(31)20(42-10)27-3-1-2-9(4-27)18(23)32;;;/h1-4,7-8,10-11,13-16,20-21,29-31H,5-6H2,(H7-,22,23,24,25,32,33,34,35,36,37,38,39);;2*1H2/q;+1;;/p-1/t10-,11-,13-,14-,15-,16-,20-,21-;;;/m1.../s1. The molecule has 51 heavy (non-hydrogen) atoms. The van der Waals surface area contributed by atoms with Crippen LogP contribution in [0, 0.1) is 0 Å². The summed E-state index contributed by atoms with van der Waals surface area (Å²) in [6, 6.07) is 2.77. The van der Waals surface area contributed by atoms with E-state index in [-0.39, 0.29) is 84.9 Å². The van der Waals surface area contributed by atoms with Gasteiger partial charge in [0, 0.05) is 6.07 Å². The molecule has 0 bridgehead atoms. The van der Waals surface area contributed by atoms with Gasteiger partial charge < -0.3 is 75.8 Å². The molecule has 280 valence electrons. The Morgan fingerprint density at radius 2 is 1.65 bits per heavy atom. The normalized spacial score (nSPS) is 29.5. The third kappa shape index (κ3) is 10.9. The summed E-state index contributed by atoms with van der Waals surface area (Å²) in [7, 11) is -16.9. The van der Waals surface area contributed by atoms with Gasteiger partial charge in [-0.3, -0.25) is 23.0 Å². The molecule has 0 saturated carbocycles. The number of nitrogens with zero attached hydrogens (tertiary/aromatic N) is 5. The van der Waals surface area contributed by atoms with Crippen molar-refractivity contribution in [2.75, 3.05) is 18.9 Å². The summed E-state index contributed by atoms with van der Waals surface area (Å²) in [6.07, 6.45) is -8.82. The molecular formula is C21H31KN7O19P3. The molecule has 13 N–H and O–H groups in total. The topological polar surface area (TPSA) is 433 Å². The van der Waals surface area contributed by atoms with E-state index in [1.807, 2.05) is 0 Å². The van der Waals surface area contributed by atoms with Crippen molar-refractivity contribution in [2.24, 2.45) is 5.73 Å². The molecule has 0 aromatic carbocycles. The third-order valence-corrected chi connectivity index (χ3v) is 10.0. The van der Waals surface area contributed by atoms with E-state index in [9.17, 15) is 53.4 Å². The summed E-state index contributed by atoms with van der Waals surface area (Å²) in [5, 5.41) is 31.4. The Morgan fingerprint density at radius 3 is 2.29 bits per heavy atom. The van der Waals surface area contributed by atoms with Crippen LogP contribution in [0.25, 0.3) is 11.2 Å². The molecular weight excluding hydrogens is 786 g/mol. The number of pyridine rings is 1. The number of phosphoric acid groups is 3. The Balaban J connectivity index is 0.00000300. The minimum Gasteiger partial charge on any atom is -0.756 e. The number of carbonyl (C=O) groups is 1. The van der Waals surface area contributed by atoms with Gasteiger partial charge in [-0.05, 0) is 6.07 Å². The molecule has 2 saturated heterocycles. The fourth-order valence-electron chi connectivity index (χ4n) is 4.82. The van der Waals surface area contributed by atoms with E-state index < -0.39 is 91.7 Å². The third-order valence-electron chi connectivity index (χ3n) is 6.97. The molecule has 2 fully saturated rings. The molecule has 3 aromatic heterocycles. The largest absolute Gasteiger partial charge is 1.00 e. The van der Waals surface area contributed by atoms with Crippen molar-refractivity contribution in [3.63, 3.8) is 0 Å². The van der Waals surface area contributed by atoms with E-state index in [4.69, 9.17) is 20.9 Å². The number of hydrogen-bond acceptors (Lipinski definition) is 19. The van der Waals surface area contributed by atoms with E-state index in [1.54, 1.807) is 0 Å². The summed E-state index contributed by atoms with van der Waals surface area (Å²) >= 11 is 0. The fraction of sp³-hybridized carbons (Fsp3) is 0.476. The molecule has 11 atom stereocenters. The Kier molecular flexibility index (Phi) is 16.1. The average molecular weight is 818 g/mol. The summed E-state index contributed by atoms with van der Waals surface area (Å²) in [4.78, 5) is 66.4. The number of nitrogens with two attached hydrogens (primary N) is 2. The summed E-state index contributed by atoms with van der Waals surface area (Å²) in [6.45, 7) is -2.15. The number of ether oxygens (including phenoxy) is 2. The van der Waals surface area contributed by atoms with Crippen LogP contribution >= 0.6 is 23.5 Å². The van der Waals surface area contributed by atoms with Crippen LogP contribution in [0.2, 0.25) is 0 Å². The SMILES string of the molecule is NC(=O)c1ccc[n+]([C@@H]2O[C@H](COP(=O)([O-])OP(=O)(O)OC[C@H]3O[C@@H](n4cnc5c(N)ncnc54)[C@H](OP(=O)([O-])O)[C@@H]3O)[C@@H](O)[C@H]2O)c1.O.O.[K+]. The van der Waals surface area contributed by atoms with Gasteiger partial charge in [0.1, 0.15) is 47.9 Å². The van der Waals surface area contributed by atoms with Crippen molar-refractivity contribution in [3.05, 3.63) is 42.7 Å². The van der Waals surface area contributed by atoms with Crippen LogP contribution in [0.4, 0.5) is 5.82 Å². The smallest absolute Gasteiger partial charge is 0.756 e. The summed E-state index contributed by atoms with van der Waals surface area (Å²) in [5.74, 6) is -0.877. The van der Waals surface area contributed by atoms with Crippen molar-refractivity contribution in [1.29, 1.82) is 0 Å². The molecule has 5 heterocycles. The van der Waals surface area contributed by atoms with Gasteiger partial charge in [-0.25, -0.2) is 23.8 Å². The fourth-order valence-corrected chi connectivity index (χ4v) is 7.41. The van der Waals surface area contributed by atoms with Gasteiger partial charge in [-0.1, -0.05) is 0 Å². The zero-order valence-electron chi connectivity index (χ0n) is 25.9. The number of aromatic nitrogens is 5. The van der Waals surface area contributed by atoms with Crippen molar-refractivity contribution < 1.29 is 148 Å². The number of nitrogen functional groups attached to an aromatic ring is 1. The molecule has 3 aromatic rings. The van der Waals surface area contributed by atoms with Gasteiger partial charge >= 0.3 is 59.2 Å². The molecule has 2 aliphatic rings. The number of hydrogen-bond donors (Lipinski definition) is 7. The predicted octanol–water partition coefficient (Wildman–Crippen LogP) is -8.81. The first-order valence-corrected chi connectivity index (χ1v) is 17.8. The minimum absolute atomic E-state index is 0. The Labute approximate surface area is 327 Å². The minimum atomic E-state index is -5.73. The predicted molar refractivity (Wildman–Crippen MR) is 153 cm³/mol. The van der Waals surface area contributed by atoms with E-state index in [1.165, 1.54) is 29.1 Å². The van der Waals surface area contributed by atoms with Crippen molar-refractivity contribution in [1.82, 2.24) is 19.5 Å². The number of aliphatic hydroxyl groups is 3. The van der Waals surface area contributed by atoms with Gasteiger partial charge in [0.25, 0.3) is 27.8 Å². The molecule has 26 nitrogen and oxygen atoms in total. The summed E-state index contributed by atoms with van der Waals surface area (Å²) in [5.41, 5.74) is 11.0. The number of amides is 1. The maximum absolute atomic E-state index is 12.5. The van der Waals surface area contributed by atoms with Gasteiger partial charge in [0.2, 0.25) is 0 Å². The maximum Gasteiger partial charge on any atom is 1.00 e. The second-order valence-electron chi connectivity index (χ2n) is 10.2. The van der Waals surface area contributed by atoms with Crippen LogP contribution < -0.4 is 77.2 Å². The van der Waals surface area contributed by atoms with Gasteiger partial charge in [0.05, 0.1) is 19.5 Å². The zero-order valence-corrected chi connectivity index (χ0v) is 31.7. The molecule has 1 amide bonds. The number of fused-ring (bicyclic) bond motifs is 1. The van der Waals surface area contributed by atoms with E-state index >= 15 is 0 Å². The van der Waals surface area contributed by atoms with Crippen LogP contribution in [-0.4, -0.2) is 111 Å². The molecule has 0 aliphatic carbocycles. The monoisotopic (exact) mass is 817 g/mol. The van der Waals surface area contributed by atoms with E-state index in [0.717, 1.165) is 17.2 Å². The number of anilines is 1. The first kappa shape index (κ1) is 45.9. The van der Waals surface area contributed by atoms with Gasteiger partial charge in [-0.2, -0.15) is 4.57 Å². The Morgan fingerprint density at radius 1 is 1.00 bits per heavy atom. The van der Waals surface area contributed by atoms with Crippen molar-refractivity contribution in [3.8, 4) is 0 Å². The first-order valence-electron chi connectivity index (χ1n) is 13.3. The molecule has 2 aliphatic heterocycles. The number of imidazole rings is 1. The maximum atomic E-state index is 12.5. The molecule has 3 unspecified atom stereocenters. The number of rotatable bonds is 13. The van der Waals surface area contributed by atoms with Crippen LogP contribution in [0.15, 0.2) is 37.2 Å². The zero-order chi connectivity index (χ0) is 35.2. The summed E-state index contributed by atoms with van der Waals surface area (Å²) < 4.78 is 67.5. The number of carbonyl (C=O) groups excluding carboxylic acids is 1. The van der Waals surface area contributed by atoms with Crippen LogP contribution in [-0.2, 0) is 41.1 Å². The molecule has 30 heteroatoms. The molecule has 0 spiro atoms. The quantitative estimate of drug-likeness (QED) is 0.0478. The molecule has 0 radical (unpaired) electrons. The number of primary amides is 1. The van der Waals surface area contributed by atoms with Crippen molar-refractivity contribution in [2.45, 2.75) is 49.1 Å². The van der Waals surface area contributed by atoms with E-state index in [0.29, 0.717) is 0 Å². The van der Waals surface area contributed by atoms with Gasteiger partial charge in [0.15, 0.2) is 36.2 Å². The second kappa shape index (κ2) is 17.9. The van der Waals surface area contributed by atoms with Crippen molar-refractivity contribution >= 4 is 46.4 Å². The first-order chi connectivity index (χ1) is 22.4. The average Bonchev–Trinajstić information content (AvgIpc) is 3.64. The number of aliphatic hydroxyl groups excluding tert-OH is 3. The van der Waals surface area contributed by atoms with Crippen LogP contribution in [0.5, 0.6) is 0 Å². The van der Waals surface area contributed by atoms with E-state index in [2.05, 4.69) is 32.8 Å². The Bertz CT molecular complexity index is 1820. The van der Waals surface area contributed by atoms with Crippen LogP contribution in [0.3, 0.4) is 0 Å². The number of phosphoric ester groups is 3.